The summed E-state index contributed by atoms with van der Waals surface area (Å²) in [6, 6.07) is 8.34. The van der Waals surface area contributed by atoms with E-state index in [4.69, 9.17) is 9.47 Å². The lowest BCUT2D eigenvalue weighted by Crippen LogP contribution is -2.24. The van der Waals surface area contributed by atoms with Crippen LogP contribution >= 0.6 is 45.2 Å². The quantitative estimate of drug-likeness (QED) is 0.228. The Bertz CT molecular complexity index is 902. The van der Waals surface area contributed by atoms with E-state index in [1.54, 1.807) is 20.1 Å². The van der Waals surface area contributed by atoms with Crippen LogP contribution in [0.1, 0.15) is 11.1 Å². The molecule has 0 saturated carbocycles. The van der Waals surface area contributed by atoms with E-state index in [0.29, 0.717) is 11.3 Å². The van der Waals surface area contributed by atoms with Gasteiger partial charge in [0.2, 0.25) is 0 Å². The van der Waals surface area contributed by atoms with Crippen molar-refractivity contribution < 1.29 is 19.2 Å². The lowest BCUT2D eigenvalue weighted by Gasteiger charge is -2.08. The molecule has 0 radical (unpaired) electrons. The molecule has 0 atom stereocenters. The van der Waals surface area contributed by atoms with Crippen molar-refractivity contribution in [1.82, 2.24) is 5.43 Å². The monoisotopic (exact) mass is 595 g/mol. The summed E-state index contributed by atoms with van der Waals surface area (Å²) >= 11 is 4.33. The van der Waals surface area contributed by atoms with Gasteiger partial charge in [-0.05, 0) is 75.9 Å². The van der Waals surface area contributed by atoms with E-state index in [9.17, 15) is 14.9 Å². The lowest BCUT2D eigenvalue weighted by molar-refractivity contribution is -0.385. The molecule has 1 amide bonds. The van der Waals surface area contributed by atoms with Crippen molar-refractivity contribution in [3.05, 3.63) is 58.7 Å². The fourth-order valence-corrected chi connectivity index (χ4v) is 4.24. The highest BCUT2D eigenvalue weighted by Gasteiger charge is 2.16. The average Bonchev–Trinajstić information content (AvgIpc) is 2.60. The van der Waals surface area contributed by atoms with Crippen molar-refractivity contribution in [2.75, 3.05) is 13.7 Å². The summed E-state index contributed by atoms with van der Waals surface area (Å²) in [5.41, 5.74) is 3.57. The predicted molar refractivity (Wildman–Crippen MR) is 117 cm³/mol. The summed E-state index contributed by atoms with van der Waals surface area (Å²) in [5.74, 6) is 0.138. The fourth-order valence-electron chi connectivity index (χ4n) is 2.13. The van der Waals surface area contributed by atoms with E-state index in [2.05, 4.69) is 55.7 Å². The van der Waals surface area contributed by atoms with Gasteiger partial charge in [-0.2, -0.15) is 5.10 Å². The molecule has 0 aliphatic rings. The number of ether oxygens (including phenoxy) is 2. The number of nitro benzene ring substituents is 1. The highest BCUT2D eigenvalue weighted by molar-refractivity contribution is 14.1. The SMILES string of the molecule is COc1c(I)cc(I)cc1C=NNC(=O)COc1ccc(C)cc1[N+](=O)[O-]. The second kappa shape index (κ2) is 9.82. The molecule has 2 aromatic carbocycles. The fraction of sp³-hybridized carbons (Fsp3) is 0.176. The third-order valence-electron chi connectivity index (χ3n) is 3.30. The Kier molecular flexibility index (Phi) is 7.77. The molecular formula is C17H15I2N3O5. The molecule has 10 heteroatoms. The maximum atomic E-state index is 11.9. The Morgan fingerprint density at radius 3 is 2.74 bits per heavy atom. The molecule has 0 heterocycles. The Morgan fingerprint density at radius 1 is 1.33 bits per heavy atom. The van der Waals surface area contributed by atoms with E-state index in [0.717, 1.165) is 12.7 Å². The standard InChI is InChI=1S/C17H15I2N3O5/c1-10-3-4-15(14(5-10)22(24)25)27-9-16(23)21-20-8-11-6-12(18)7-13(19)17(11)26-2/h3-8H,9H2,1-2H3,(H,21,23). The Morgan fingerprint density at radius 2 is 2.07 bits per heavy atom. The Hall–Kier alpha value is -1.96. The largest absolute Gasteiger partial charge is 0.495 e. The number of nitro groups is 1. The molecule has 2 rings (SSSR count). The van der Waals surface area contributed by atoms with Crippen molar-refractivity contribution in [3.63, 3.8) is 0 Å². The molecule has 0 aliphatic heterocycles. The van der Waals surface area contributed by atoms with Crippen LogP contribution in [0.15, 0.2) is 35.4 Å². The first-order valence-electron chi connectivity index (χ1n) is 7.54. The maximum absolute atomic E-state index is 11.9. The van der Waals surface area contributed by atoms with Crippen molar-refractivity contribution in [2.24, 2.45) is 5.10 Å². The molecular weight excluding hydrogens is 580 g/mol. The van der Waals surface area contributed by atoms with Crippen LogP contribution in [0.2, 0.25) is 0 Å². The van der Waals surface area contributed by atoms with E-state index < -0.39 is 17.4 Å². The summed E-state index contributed by atoms with van der Waals surface area (Å²) in [7, 11) is 1.56. The van der Waals surface area contributed by atoms with Crippen LogP contribution in [0.25, 0.3) is 0 Å². The zero-order valence-corrected chi connectivity index (χ0v) is 18.7. The minimum absolute atomic E-state index is 0.0264. The normalized spacial score (nSPS) is 10.7. The zero-order valence-electron chi connectivity index (χ0n) is 14.4. The number of hydrogen-bond acceptors (Lipinski definition) is 6. The molecule has 0 bridgehead atoms. The van der Waals surface area contributed by atoms with Crippen LogP contribution in [-0.2, 0) is 4.79 Å². The Balaban J connectivity index is 2.00. The number of carbonyl (C=O) groups is 1. The number of halogens is 2. The third-order valence-corrected chi connectivity index (χ3v) is 4.73. The van der Waals surface area contributed by atoms with Crippen LogP contribution in [0.3, 0.4) is 0 Å². The number of rotatable bonds is 7. The summed E-state index contributed by atoms with van der Waals surface area (Å²) in [5, 5.41) is 14.9. The number of aryl methyl sites for hydroxylation is 1. The number of methoxy groups -OCH3 is 1. The molecule has 0 aliphatic carbocycles. The molecule has 0 unspecified atom stereocenters. The number of hydrazone groups is 1. The van der Waals surface area contributed by atoms with Crippen molar-refractivity contribution in [2.45, 2.75) is 6.92 Å². The number of nitrogens with zero attached hydrogens (tertiary/aromatic N) is 2. The van der Waals surface area contributed by atoms with Crippen molar-refractivity contribution in [1.29, 1.82) is 0 Å². The van der Waals surface area contributed by atoms with E-state index in [-0.39, 0.29) is 11.4 Å². The van der Waals surface area contributed by atoms with E-state index >= 15 is 0 Å². The van der Waals surface area contributed by atoms with Gasteiger partial charge in [0.25, 0.3) is 5.91 Å². The van der Waals surface area contributed by atoms with Gasteiger partial charge in [-0.25, -0.2) is 5.43 Å². The minimum atomic E-state index is -0.552. The van der Waals surface area contributed by atoms with Gasteiger partial charge in [0, 0.05) is 15.2 Å². The molecule has 27 heavy (non-hydrogen) atoms. The summed E-state index contributed by atoms with van der Waals surface area (Å²) in [4.78, 5) is 22.4. The number of nitrogens with one attached hydrogen (secondary N) is 1. The van der Waals surface area contributed by atoms with E-state index in [1.807, 2.05) is 12.1 Å². The molecule has 0 aromatic heterocycles. The maximum Gasteiger partial charge on any atom is 0.311 e. The molecule has 142 valence electrons. The predicted octanol–water partition coefficient (Wildman–Crippen LogP) is 3.65. The zero-order chi connectivity index (χ0) is 20.0. The molecule has 0 saturated heterocycles. The molecule has 0 fully saturated rings. The third kappa shape index (κ3) is 6.02. The minimum Gasteiger partial charge on any atom is -0.495 e. The van der Waals surface area contributed by atoms with Crippen LogP contribution in [0.5, 0.6) is 11.5 Å². The van der Waals surface area contributed by atoms with Crippen LogP contribution < -0.4 is 14.9 Å². The Labute approximate surface area is 182 Å². The second-order valence-corrected chi connectivity index (χ2v) is 7.73. The smallest absolute Gasteiger partial charge is 0.311 e. The van der Waals surface area contributed by atoms with Gasteiger partial charge in [0.15, 0.2) is 12.4 Å². The van der Waals surface area contributed by atoms with Gasteiger partial charge in [0.1, 0.15) is 5.75 Å². The van der Waals surface area contributed by atoms with Gasteiger partial charge >= 0.3 is 5.69 Å². The topological polar surface area (TPSA) is 103 Å². The number of benzene rings is 2. The molecule has 0 spiro atoms. The van der Waals surface area contributed by atoms with Crippen LogP contribution in [-0.4, -0.2) is 30.8 Å². The molecule has 1 N–H and O–H groups in total. The van der Waals surface area contributed by atoms with Crippen LogP contribution in [0, 0.1) is 24.2 Å². The lowest BCUT2D eigenvalue weighted by atomic mass is 10.2. The van der Waals surface area contributed by atoms with Gasteiger partial charge in [-0.3, -0.25) is 14.9 Å². The van der Waals surface area contributed by atoms with Crippen molar-refractivity contribution >= 4 is 63.0 Å². The number of amides is 1. The summed E-state index contributed by atoms with van der Waals surface area (Å²) in [6.45, 7) is 1.33. The van der Waals surface area contributed by atoms with E-state index in [1.165, 1.54) is 18.3 Å². The average molecular weight is 595 g/mol. The van der Waals surface area contributed by atoms with Gasteiger partial charge in [0.05, 0.1) is 21.8 Å². The summed E-state index contributed by atoms with van der Waals surface area (Å²) < 4.78 is 12.5. The number of hydrogen-bond donors (Lipinski definition) is 1. The first-order valence-corrected chi connectivity index (χ1v) is 9.70. The highest BCUT2D eigenvalue weighted by Crippen LogP contribution is 2.28. The molecule has 2 aromatic rings. The highest BCUT2D eigenvalue weighted by atomic mass is 127. The first kappa shape index (κ1) is 21.3. The van der Waals surface area contributed by atoms with Gasteiger partial charge < -0.3 is 9.47 Å². The van der Waals surface area contributed by atoms with Gasteiger partial charge in [-0.1, -0.05) is 6.07 Å². The van der Waals surface area contributed by atoms with Crippen LogP contribution in [0.4, 0.5) is 5.69 Å². The van der Waals surface area contributed by atoms with Gasteiger partial charge in [-0.15, -0.1) is 0 Å². The first-order chi connectivity index (χ1) is 12.8. The number of carbonyl (C=O) groups excluding carboxylic acids is 1. The molecule has 8 nitrogen and oxygen atoms in total. The van der Waals surface area contributed by atoms with Crippen molar-refractivity contribution in [3.8, 4) is 11.5 Å². The summed E-state index contributed by atoms with van der Waals surface area (Å²) in [6.07, 6.45) is 1.47. The second-order valence-electron chi connectivity index (χ2n) is 5.32.